The van der Waals surface area contributed by atoms with Crippen LogP contribution in [0.4, 0.5) is 0 Å². The first-order valence-corrected chi connectivity index (χ1v) is 9.23. The van der Waals surface area contributed by atoms with Gasteiger partial charge >= 0.3 is 0 Å². The number of ether oxygens (including phenoxy) is 1. The molecule has 0 saturated carbocycles. The Hall–Kier alpha value is -2.46. The highest BCUT2D eigenvalue weighted by atomic mass is 32.2. The number of hydrogen-bond donors (Lipinski definition) is 1. The van der Waals surface area contributed by atoms with Crippen molar-refractivity contribution in [1.82, 2.24) is 4.98 Å². The van der Waals surface area contributed by atoms with Crippen molar-refractivity contribution >= 4 is 33.4 Å². The minimum Gasteiger partial charge on any atom is -0.497 e. The van der Waals surface area contributed by atoms with Crippen LogP contribution in [0.25, 0.3) is 15.8 Å². The first-order chi connectivity index (χ1) is 12.1. The van der Waals surface area contributed by atoms with Gasteiger partial charge in [0.25, 0.3) is 0 Å². The van der Waals surface area contributed by atoms with Gasteiger partial charge in [0.05, 0.1) is 7.11 Å². The minimum atomic E-state index is 0.00304. The predicted octanol–water partition coefficient (Wildman–Crippen LogP) is 5.46. The second-order valence-electron chi connectivity index (χ2n) is 5.70. The molecule has 0 spiro atoms. The van der Waals surface area contributed by atoms with Crippen molar-refractivity contribution < 1.29 is 9.53 Å². The van der Waals surface area contributed by atoms with Crippen molar-refractivity contribution in [3.8, 4) is 5.75 Å². The minimum absolute atomic E-state index is 0.00304. The van der Waals surface area contributed by atoms with Gasteiger partial charge in [-0.1, -0.05) is 25.1 Å². The Bertz CT molecular complexity index is 923. The van der Waals surface area contributed by atoms with E-state index in [2.05, 4.69) is 31.0 Å². The number of nitrogens with one attached hydrogen (secondary N) is 1. The highest BCUT2D eigenvalue weighted by molar-refractivity contribution is 8.08. The van der Waals surface area contributed by atoms with Crippen molar-refractivity contribution in [3.05, 3.63) is 71.4 Å². The fourth-order valence-corrected chi connectivity index (χ4v) is 3.80. The topological polar surface area (TPSA) is 42.1 Å². The van der Waals surface area contributed by atoms with Crippen molar-refractivity contribution in [2.75, 3.05) is 12.9 Å². The first kappa shape index (κ1) is 17.4. The fraction of sp³-hybridized carbons (Fsp3) is 0.190. The molecule has 2 aromatic carbocycles. The number of para-hydroxylation sites is 1. The van der Waals surface area contributed by atoms with Crippen LogP contribution in [0.1, 0.15) is 28.5 Å². The maximum Gasteiger partial charge on any atom is 0.186 e. The summed E-state index contributed by atoms with van der Waals surface area (Å²) >= 11 is 1.69. The number of carbonyl (C=O) groups excluding carboxylic acids is 1. The summed E-state index contributed by atoms with van der Waals surface area (Å²) in [5.74, 6) is 1.65. The quantitative estimate of drug-likeness (QED) is 0.473. The Balaban J connectivity index is 2.03. The van der Waals surface area contributed by atoms with E-state index in [0.717, 1.165) is 38.6 Å². The number of hydrogen-bond acceptors (Lipinski definition) is 3. The molecule has 1 N–H and O–H groups in total. The van der Waals surface area contributed by atoms with Crippen LogP contribution in [0, 0.1) is 6.92 Å². The molecule has 4 heteroatoms. The molecule has 0 amide bonds. The zero-order valence-corrected chi connectivity index (χ0v) is 15.4. The second-order valence-corrected chi connectivity index (χ2v) is 7.01. The number of thioether (sulfide) groups is 1. The number of ketones is 1. The Morgan fingerprint density at radius 1 is 1.16 bits per heavy atom. The Kier molecular flexibility index (Phi) is 5.29. The van der Waals surface area contributed by atoms with Crippen molar-refractivity contribution in [2.24, 2.45) is 0 Å². The third-order valence-corrected chi connectivity index (χ3v) is 5.00. The largest absolute Gasteiger partial charge is 0.497 e. The second kappa shape index (κ2) is 7.62. The molecule has 0 radical (unpaired) electrons. The monoisotopic (exact) mass is 351 g/mol. The summed E-state index contributed by atoms with van der Waals surface area (Å²) in [6, 6.07) is 15.4. The Labute approximate surface area is 152 Å². The molecule has 0 bridgehead atoms. The maximum atomic E-state index is 12.7. The number of rotatable bonds is 6. The van der Waals surface area contributed by atoms with E-state index in [1.54, 1.807) is 37.1 Å². The smallest absolute Gasteiger partial charge is 0.186 e. The summed E-state index contributed by atoms with van der Waals surface area (Å²) in [6.45, 7) is 4.15. The molecule has 0 fully saturated rings. The zero-order chi connectivity index (χ0) is 17.8. The molecule has 0 atom stereocenters. The van der Waals surface area contributed by atoms with Gasteiger partial charge in [0, 0.05) is 38.7 Å². The van der Waals surface area contributed by atoms with Crippen molar-refractivity contribution in [2.45, 2.75) is 13.8 Å². The van der Waals surface area contributed by atoms with E-state index in [0.29, 0.717) is 5.56 Å². The lowest BCUT2D eigenvalue weighted by Gasteiger charge is -2.07. The molecule has 0 aliphatic carbocycles. The summed E-state index contributed by atoms with van der Waals surface area (Å²) in [5.41, 5.74) is 3.95. The van der Waals surface area contributed by atoms with E-state index in [1.165, 1.54) is 0 Å². The molecule has 0 aliphatic rings. The predicted molar refractivity (Wildman–Crippen MR) is 106 cm³/mol. The van der Waals surface area contributed by atoms with Gasteiger partial charge in [-0.15, -0.1) is 11.8 Å². The molecular weight excluding hydrogens is 330 g/mol. The van der Waals surface area contributed by atoms with Crippen LogP contribution < -0.4 is 4.74 Å². The van der Waals surface area contributed by atoms with Gasteiger partial charge in [0.2, 0.25) is 0 Å². The lowest BCUT2D eigenvalue weighted by atomic mass is 10.1. The van der Waals surface area contributed by atoms with Gasteiger partial charge in [0.15, 0.2) is 5.78 Å². The summed E-state index contributed by atoms with van der Waals surface area (Å²) in [4.78, 5) is 17.1. The highest BCUT2D eigenvalue weighted by Gasteiger charge is 2.15. The standard InChI is InChI=1S/C21H21NO2S/c1-4-25-20(13-19(23)15-9-11-16(24-3)12-10-15)21-14(2)22-18-8-6-5-7-17(18)21/h5-13,22H,4H2,1-3H3. The molecular formula is C21H21NO2S. The van der Waals surface area contributed by atoms with Crippen molar-refractivity contribution in [1.29, 1.82) is 0 Å². The van der Waals surface area contributed by atoms with Crippen LogP contribution >= 0.6 is 11.8 Å². The third kappa shape index (κ3) is 3.64. The van der Waals surface area contributed by atoms with E-state index in [1.807, 2.05) is 24.3 Å². The number of benzene rings is 2. The molecule has 0 aliphatic heterocycles. The van der Waals surface area contributed by atoms with Gasteiger partial charge in [-0.05, 0) is 43.0 Å². The molecule has 1 aromatic heterocycles. The Morgan fingerprint density at radius 3 is 2.56 bits per heavy atom. The Morgan fingerprint density at radius 2 is 1.88 bits per heavy atom. The molecule has 1 heterocycles. The van der Waals surface area contributed by atoms with Gasteiger partial charge in [0.1, 0.15) is 5.75 Å². The van der Waals surface area contributed by atoms with Gasteiger partial charge in [-0.3, -0.25) is 4.79 Å². The fourth-order valence-electron chi connectivity index (χ4n) is 2.89. The lowest BCUT2D eigenvalue weighted by Crippen LogP contribution is -1.97. The highest BCUT2D eigenvalue weighted by Crippen LogP contribution is 2.35. The van der Waals surface area contributed by atoms with E-state index >= 15 is 0 Å². The zero-order valence-electron chi connectivity index (χ0n) is 14.6. The summed E-state index contributed by atoms with van der Waals surface area (Å²) < 4.78 is 5.16. The van der Waals surface area contributed by atoms with Gasteiger partial charge < -0.3 is 9.72 Å². The van der Waals surface area contributed by atoms with E-state index in [4.69, 9.17) is 4.74 Å². The number of aromatic nitrogens is 1. The summed E-state index contributed by atoms with van der Waals surface area (Å²) in [7, 11) is 1.62. The van der Waals surface area contributed by atoms with Crippen LogP contribution in [0.3, 0.4) is 0 Å². The van der Waals surface area contributed by atoms with Crippen molar-refractivity contribution in [3.63, 3.8) is 0 Å². The SMILES string of the molecule is CCSC(=CC(=O)c1ccc(OC)cc1)c1c(C)[nH]c2ccccc12. The number of H-pyrrole nitrogens is 1. The van der Waals surface area contributed by atoms with Gasteiger partial charge in [-0.2, -0.15) is 0 Å². The van der Waals surface area contributed by atoms with Crippen LogP contribution in [0.15, 0.2) is 54.6 Å². The number of aromatic amines is 1. The van der Waals surface area contributed by atoms with Crippen LogP contribution in [-0.2, 0) is 0 Å². The van der Waals surface area contributed by atoms with E-state index in [9.17, 15) is 4.79 Å². The van der Waals surface area contributed by atoms with Crippen LogP contribution in [0.2, 0.25) is 0 Å². The molecule has 3 rings (SSSR count). The molecule has 3 nitrogen and oxygen atoms in total. The number of aryl methyl sites for hydroxylation is 1. The van der Waals surface area contributed by atoms with Gasteiger partial charge in [-0.25, -0.2) is 0 Å². The average molecular weight is 351 g/mol. The summed E-state index contributed by atoms with van der Waals surface area (Å²) in [6.07, 6.45) is 1.75. The van der Waals surface area contributed by atoms with Crippen LogP contribution in [0.5, 0.6) is 5.75 Å². The molecule has 128 valence electrons. The average Bonchev–Trinajstić information content (AvgIpc) is 2.97. The summed E-state index contributed by atoms with van der Waals surface area (Å²) in [5, 5.41) is 1.15. The van der Waals surface area contributed by atoms with E-state index < -0.39 is 0 Å². The molecule has 3 aromatic rings. The van der Waals surface area contributed by atoms with Crippen LogP contribution in [-0.4, -0.2) is 23.6 Å². The molecule has 0 saturated heterocycles. The molecule has 0 unspecified atom stereocenters. The first-order valence-electron chi connectivity index (χ1n) is 8.24. The number of carbonyl (C=O) groups is 1. The lowest BCUT2D eigenvalue weighted by molar-refractivity contribution is 0.104. The third-order valence-electron chi connectivity index (χ3n) is 4.08. The maximum absolute atomic E-state index is 12.7. The normalized spacial score (nSPS) is 11.7. The van der Waals surface area contributed by atoms with E-state index in [-0.39, 0.29) is 5.78 Å². The number of methoxy groups -OCH3 is 1. The number of allylic oxidation sites excluding steroid dienone is 1. The number of fused-ring (bicyclic) bond motifs is 1. The molecule has 25 heavy (non-hydrogen) atoms.